The molecule has 0 aliphatic heterocycles. The lowest BCUT2D eigenvalue weighted by Crippen LogP contribution is -2.25. The fraction of sp³-hybridized carbons (Fsp3) is 0.588. The summed E-state index contributed by atoms with van der Waals surface area (Å²) in [5.74, 6) is 0.146. The quantitative estimate of drug-likeness (QED) is 0.738. The molecular weight excluding hydrogens is 272 g/mol. The molecule has 1 aromatic rings. The predicted octanol–water partition coefficient (Wildman–Crippen LogP) is 4.91. The molecule has 0 atom stereocenters. The van der Waals surface area contributed by atoms with Gasteiger partial charge in [0.2, 0.25) is 0 Å². The Hall–Kier alpha value is -1.02. The standard InChI is InChI=1S/C17H25ClO2/c1-7-12-8-13(18)9-14(11(2)3)15(12)10-16(19)20-17(4,5)6/h8-9,11H,7,10H2,1-6H3. The van der Waals surface area contributed by atoms with E-state index in [0.717, 1.165) is 28.1 Å². The highest BCUT2D eigenvalue weighted by Crippen LogP contribution is 2.28. The fourth-order valence-electron chi connectivity index (χ4n) is 2.28. The Balaban J connectivity index is 3.12. The van der Waals surface area contributed by atoms with Crippen LogP contribution in [-0.2, 0) is 22.4 Å². The fourth-order valence-corrected chi connectivity index (χ4v) is 2.53. The van der Waals surface area contributed by atoms with Crippen LogP contribution in [-0.4, -0.2) is 11.6 Å². The van der Waals surface area contributed by atoms with E-state index in [2.05, 4.69) is 20.8 Å². The van der Waals surface area contributed by atoms with Crippen LogP contribution >= 0.6 is 11.6 Å². The van der Waals surface area contributed by atoms with Gasteiger partial charge in [-0.3, -0.25) is 4.79 Å². The monoisotopic (exact) mass is 296 g/mol. The van der Waals surface area contributed by atoms with Crippen LogP contribution in [0.2, 0.25) is 5.02 Å². The summed E-state index contributed by atoms with van der Waals surface area (Å²) in [7, 11) is 0. The van der Waals surface area contributed by atoms with Gasteiger partial charge in [-0.1, -0.05) is 32.4 Å². The molecule has 0 amide bonds. The van der Waals surface area contributed by atoms with Crippen LogP contribution in [0.15, 0.2) is 12.1 Å². The summed E-state index contributed by atoms with van der Waals surface area (Å²) in [6, 6.07) is 3.91. The lowest BCUT2D eigenvalue weighted by molar-refractivity contribution is -0.153. The van der Waals surface area contributed by atoms with E-state index in [0.29, 0.717) is 12.3 Å². The van der Waals surface area contributed by atoms with Crippen molar-refractivity contribution in [2.45, 2.75) is 65.9 Å². The largest absolute Gasteiger partial charge is 0.460 e. The molecule has 0 radical (unpaired) electrons. The zero-order chi connectivity index (χ0) is 15.5. The second kappa shape index (κ2) is 6.62. The first-order valence-electron chi connectivity index (χ1n) is 7.17. The van der Waals surface area contributed by atoms with E-state index in [1.165, 1.54) is 0 Å². The molecule has 112 valence electrons. The maximum Gasteiger partial charge on any atom is 0.310 e. The molecule has 0 spiro atoms. The third-order valence-electron chi connectivity index (χ3n) is 3.09. The highest BCUT2D eigenvalue weighted by molar-refractivity contribution is 6.30. The van der Waals surface area contributed by atoms with Gasteiger partial charge in [0.05, 0.1) is 6.42 Å². The zero-order valence-corrected chi connectivity index (χ0v) is 14.1. The summed E-state index contributed by atoms with van der Waals surface area (Å²) >= 11 is 6.17. The molecule has 0 aliphatic rings. The van der Waals surface area contributed by atoms with Gasteiger partial charge < -0.3 is 4.74 Å². The van der Waals surface area contributed by atoms with E-state index in [-0.39, 0.29) is 5.97 Å². The molecule has 0 unspecified atom stereocenters. The normalized spacial score (nSPS) is 11.8. The molecule has 2 nitrogen and oxygen atoms in total. The van der Waals surface area contributed by atoms with Crippen LogP contribution in [0, 0.1) is 0 Å². The zero-order valence-electron chi connectivity index (χ0n) is 13.3. The van der Waals surface area contributed by atoms with Crippen molar-refractivity contribution in [1.29, 1.82) is 0 Å². The van der Waals surface area contributed by atoms with Gasteiger partial charge in [-0.2, -0.15) is 0 Å². The minimum atomic E-state index is -0.451. The van der Waals surface area contributed by atoms with Crippen molar-refractivity contribution in [1.82, 2.24) is 0 Å². The van der Waals surface area contributed by atoms with Gasteiger partial charge in [0.1, 0.15) is 5.60 Å². The van der Waals surface area contributed by atoms with Gasteiger partial charge in [0, 0.05) is 5.02 Å². The number of carbonyl (C=O) groups is 1. The first-order valence-corrected chi connectivity index (χ1v) is 7.55. The number of carbonyl (C=O) groups excluding carboxylic acids is 1. The van der Waals surface area contributed by atoms with Crippen molar-refractivity contribution in [3.8, 4) is 0 Å². The molecule has 0 heterocycles. The highest BCUT2D eigenvalue weighted by Gasteiger charge is 2.20. The van der Waals surface area contributed by atoms with Gasteiger partial charge in [-0.15, -0.1) is 0 Å². The van der Waals surface area contributed by atoms with E-state index in [1.54, 1.807) is 0 Å². The van der Waals surface area contributed by atoms with E-state index in [9.17, 15) is 4.79 Å². The van der Waals surface area contributed by atoms with Crippen molar-refractivity contribution in [3.05, 3.63) is 33.8 Å². The number of halogens is 1. The van der Waals surface area contributed by atoms with E-state index < -0.39 is 5.60 Å². The summed E-state index contributed by atoms with van der Waals surface area (Å²) in [5.41, 5.74) is 2.89. The molecule has 1 rings (SSSR count). The molecule has 0 saturated carbocycles. The number of aryl methyl sites for hydroxylation is 1. The average Bonchev–Trinajstić information content (AvgIpc) is 2.27. The minimum Gasteiger partial charge on any atom is -0.460 e. The summed E-state index contributed by atoms with van der Waals surface area (Å²) in [5, 5.41) is 0.735. The van der Waals surface area contributed by atoms with Crippen molar-refractivity contribution in [3.63, 3.8) is 0 Å². The minimum absolute atomic E-state index is 0.184. The third kappa shape index (κ3) is 4.82. The summed E-state index contributed by atoms with van der Waals surface area (Å²) in [6.07, 6.45) is 1.17. The molecule has 3 heteroatoms. The van der Waals surface area contributed by atoms with Gasteiger partial charge in [-0.05, 0) is 61.9 Å². The van der Waals surface area contributed by atoms with E-state index in [4.69, 9.17) is 16.3 Å². The average molecular weight is 297 g/mol. The van der Waals surface area contributed by atoms with E-state index >= 15 is 0 Å². The molecule has 1 aromatic carbocycles. The van der Waals surface area contributed by atoms with Gasteiger partial charge in [0.15, 0.2) is 0 Å². The SMILES string of the molecule is CCc1cc(Cl)cc(C(C)C)c1CC(=O)OC(C)(C)C. The smallest absolute Gasteiger partial charge is 0.310 e. The Labute approximate surface area is 127 Å². The first kappa shape index (κ1) is 17.0. The maximum absolute atomic E-state index is 12.1. The van der Waals surface area contributed by atoms with Crippen LogP contribution in [0.4, 0.5) is 0 Å². The molecule has 0 aliphatic carbocycles. The van der Waals surface area contributed by atoms with Crippen LogP contribution in [0.3, 0.4) is 0 Å². The Bertz CT molecular complexity index is 484. The Morgan fingerprint density at radius 3 is 2.35 bits per heavy atom. The van der Waals surface area contributed by atoms with Gasteiger partial charge in [-0.25, -0.2) is 0 Å². The van der Waals surface area contributed by atoms with Crippen LogP contribution in [0.1, 0.15) is 64.2 Å². The topological polar surface area (TPSA) is 26.3 Å². The Kier molecular flexibility index (Phi) is 5.64. The van der Waals surface area contributed by atoms with Gasteiger partial charge in [0.25, 0.3) is 0 Å². The predicted molar refractivity (Wildman–Crippen MR) is 84.5 cm³/mol. The highest BCUT2D eigenvalue weighted by atomic mass is 35.5. The molecule has 20 heavy (non-hydrogen) atoms. The van der Waals surface area contributed by atoms with Crippen LogP contribution in [0.5, 0.6) is 0 Å². The van der Waals surface area contributed by atoms with Crippen LogP contribution in [0.25, 0.3) is 0 Å². The second-order valence-corrected chi connectivity index (χ2v) is 6.84. The second-order valence-electron chi connectivity index (χ2n) is 6.40. The Morgan fingerprint density at radius 2 is 1.90 bits per heavy atom. The molecule has 0 N–H and O–H groups in total. The van der Waals surface area contributed by atoms with Crippen LogP contribution < -0.4 is 0 Å². The van der Waals surface area contributed by atoms with E-state index in [1.807, 2.05) is 32.9 Å². The molecule has 0 bridgehead atoms. The van der Waals surface area contributed by atoms with Crippen molar-refractivity contribution < 1.29 is 9.53 Å². The van der Waals surface area contributed by atoms with Crippen molar-refractivity contribution in [2.24, 2.45) is 0 Å². The number of benzene rings is 1. The summed E-state index contributed by atoms with van der Waals surface area (Å²) in [4.78, 5) is 12.1. The van der Waals surface area contributed by atoms with Crippen molar-refractivity contribution >= 4 is 17.6 Å². The number of hydrogen-bond acceptors (Lipinski definition) is 2. The van der Waals surface area contributed by atoms with Crippen molar-refractivity contribution in [2.75, 3.05) is 0 Å². The molecular formula is C17H25ClO2. The third-order valence-corrected chi connectivity index (χ3v) is 3.30. The maximum atomic E-state index is 12.1. The summed E-state index contributed by atoms with van der Waals surface area (Å²) < 4.78 is 5.43. The number of hydrogen-bond donors (Lipinski definition) is 0. The lowest BCUT2D eigenvalue weighted by atomic mass is 9.90. The molecule has 0 aromatic heterocycles. The number of esters is 1. The molecule has 0 saturated heterocycles. The van der Waals surface area contributed by atoms with Gasteiger partial charge >= 0.3 is 5.97 Å². The first-order chi connectivity index (χ1) is 9.14. The lowest BCUT2D eigenvalue weighted by Gasteiger charge is -2.22. The molecule has 0 fully saturated rings. The number of rotatable bonds is 4. The summed E-state index contributed by atoms with van der Waals surface area (Å²) in [6.45, 7) is 12.0. The number of ether oxygens (including phenoxy) is 1. The Morgan fingerprint density at radius 1 is 1.30 bits per heavy atom.